The molecule has 0 aliphatic carbocycles. The zero-order valence-electron chi connectivity index (χ0n) is 14.2. The van der Waals surface area contributed by atoms with Crippen molar-refractivity contribution in [1.29, 1.82) is 0 Å². The highest BCUT2D eigenvalue weighted by Crippen LogP contribution is 2.38. The van der Waals surface area contributed by atoms with Crippen molar-refractivity contribution in [2.45, 2.75) is 38.5 Å². The molecular formula is C20H24O4. The van der Waals surface area contributed by atoms with Gasteiger partial charge in [0.2, 0.25) is 0 Å². The highest BCUT2D eigenvalue weighted by Gasteiger charge is 2.42. The van der Waals surface area contributed by atoms with Crippen LogP contribution in [0.15, 0.2) is 48.5 Å². The van der Waals surface area contributed by atoms with Gasteiger partial charge in [-0.3, -0.25) is 4.79 Å². The number of unbranched alkanes of at least 4 members (excludes halogenated alkanes) is 1. The molecule has 0 heterocycles. The molecule has 2 aromatic rings. The van der Waals surface area contributed by atoms with Gasteiger partial charge >= 0.3 is 5.97 Å². The Kier molecular flexibility index (Phi) is 5.85. The number of benzene rings is 2. The number of carbonyl (C=O) groups excluding carboxylic acids is 1. The van der Waals surface area contributed by atoms with E-state index in [1.54, 1.807) is 48.5 Å². The minimum atomic E-state index is -0.963. The molecule has 0 aromatic heterocycles. The van der Waals surface area contributed by atoms with Crippen LogP contribution >= 0.6 is 0 Å². The number of rotatable bonds is 7. The fourth-order valence-corrected chi connectivity index (χ4v) is 2.88. The van der Waals surface area contributed by atoms with Crippen LogP contribution in [0, 0.1) is 0 Å². The fraction of sp³-hybridized carbons (Fsp3) is 0.350. The first kappa shape index (κ1) is 17.9. The summed E-state index contributed by atoms with van der Waals surface area (Å²) in [5.41, 5.74) is 0.555. The van der Waals surface area contributed by atoms with E-state index in [0.29, 0.717) is 13.0 Å². The molecule has 128 valence electrons. The largest absolute Gasteiger partial charge is 0.508 e. The molecule has 2 aromatic carbocycles. The molecule has 0 radical (unpaired) electrons. The Bertz CT molecular complexity index is 614. The smallest absolute Gasteiger partial charge is 0.321 e. The standard InChI is InChI=1S/C20H24O4/c1-3-5-14-24-19(23)20(4-2,15-6-10-17(21)11-7-15)16-8-12-18(22)13-9-16/h6-13,21-22H,3-5,14H2,1-2H3. The Morgan fingerprint density at radius 3 is 1.75 bits per heavy atom. The summed E-state index contributed by atoms with van der Waals surface area (Å²) in [6.45, 7) is 4.36. The number of esters is 1. The van der Waals surface area contributed by atoms with Gasteiger partial charge in [0.25, 0.3) is 0 Å². The normalized spacial score (nSPS) is 11.2. The van der Waals surface area contributed by atoms with E-state index in [1.165, 1.54) is 0 Å². The lowest BCUT2D eigenvalue weighted by molar-refractivity contribution is -0.149. The van der Waals surface area contributed by atoms with E-state index >= 15 is 0 Å². The molecule has 0 amide bonds. The molecule has 0 unspecified atom stereocenters. The summed E-state index contributed by atoms with van der Waals surface area (Å²) in [4.78, 5) is 13.0. The fourth-order valence-electron chi connectivity index (χ4n) is 2.88. The topological polar surface area (TPSA) is 66.8 Å². The molecule has 0 aliphatic heterocycles. The zero-order chi connectivity index (χ0) is 17.6. The van der Waals surface area contributed by atoms with Gasteiger partial charge in [-0.25, -0.2) is 0 Å². The van der Waals surface area contributed by atoms with Crippen LogP contribution in [0.5, 0.6) is 11.5 Å². The van der Waals surface area contributed by atoms with E-state index in [-0.39, 0.29) is 17.5 Å². The molecule has 24 heavy (non-hydrogen) atoms. The van der Waals surface area contributed by atoms with Crippen LogP contribution in [0.1, 0.15) is 44.2 Å². The average Bonchev–Trinajstić information content (AvgIpc) is 2.59. The number of phenols is 2. The number of hydrogen-bond acceptors (Lipinski definition) is 4. The van der Waals surface area contributed by atoms with Crippen LogP contribution < -0.4 is 0 Å². The first-order chi connectivity index (χ1) is 11.5. The maximum atomic E-state index is 13.0. The third kappa shape index (κ3) is 3.53. The first-order valence-electron chi connectivity index (χ1n) is 8.30. The van der Waals surface area contributed by atoms with E-state index in [4.69, 9.17) is 4.74 Å². The van der Waals surface area contributed by atoms with Gasteiger partial charge in [-0.2, -0.15) is 0 Å². The van der Waals surface area contributed by atoms with Gasteiger partial charge < -0.3 is 14.9 Å². The van der Waals surface area contributed by atoms with Crippen molar-refractivity contribution in [3.8, 4) is 11.5 Å². The Morgan fingerprint density at radius 1 is 0.917 bits per heavy atom. The van der Waals surface area contributed by atoms with Gasteiger partial charge in [0.1, 0.15) is 16.9 Å². The van der Waals surface area contributed by atoms with Gasteiger partial charge in [0, 0.05) is 0 Å². The van der Waals surface area contributed by atoms with E-state index in [1.807, 2.05) is 13.8 Å². The average molecular weight is 328 g/mol. The lowest BCUT2D eigenvalue weighted by Gasteiger charge is -2.31. The van der Waals surface area contributed by atoms with Crippen LogP contribution in [0.3, 0.4) is 0 Å². The van der Waals surface area contributed by atoms with Crippen LogP contribution in [0.2, 0.25) is 0 Å². The summed E-state index contributed by atoms with van der Waals surface area (Å²) < 4.78 is 5.54. The number of carbonyl (C=O) groups is 1. The Hall–Kier alpha value is -2.49. The molecule has 0 fully saturated rings. The van der Waals surface area contributed by atoms with Crippen LogP contribution in [-0.4, -0.2) is 22.8 Å². The maximum Gasteiger partial charge on any atom is 0.321 e. The van der Waals surface area contributed by atoms with Crippen LogP contribution in [-0.2, 0) is 14.9 Å². The minimum absolute atomic E-state index is 0.147. The highest BCUT2D eigenvalue weighted by atomic mass is 16.5. The molecule has 2 rings (SSSR count). The molecule has 4 heteroatoms. The van der Waals surface area contributed by atoms with Gasteiger partial charge in [-0.05, 0) is 48.2 Å². The summed E-state index contributed by atoms with van der Waals surface area (Å²) >= 11 is 0. The molecule has 2 N–H and O–H groups in total. The van der Waals surface area contributed by atoms with Crippen molar-refractivity contribution < 1.29 is 19.7 Å². The quantitative estimate of drug-likeness (QED) is 0.592. The summed E-state index contributed by atoms with van der Waals surface area (Å²) in [5, 5.41) is 19.1. The molecular weight excluding hydrogens is 304 g/mol. The van der Waals surface area contributed by atoms with Crippen LogP contribution in [0.4, 0.5) is 0 Å². The summed E-state index contributed by atoms with van der Waals surface area (Å²) in [7, 11) is 0. The number of ether oxygens (including phenoxy) is 1. The molecule has 0 bridgehead atoms. The van der Waals surface area contributed by atoms with E-state index in [9.17, 15) is 15.0 Å². The van der Waals surface area contributed by atoms with Gasteiger partial charge in [0.05, 0.1) is 6.61 Å². The first-order valence-corrected chi connectivity index (χ1v) is 8.30. The summed E-state index contributed by atoms with van der Waals surface area (Å²) in [6.07, 6.45) is 2.27. The molecule has 0 saturated carbocycles. The van der Waals surface area contributed by atoms with Gasteiger partial charge in [0.15, 0.2) is 0 Å². The summed E-state index contributed by atoms with van der Waals surface area (Å²) in [5.74, 6) is -0.0163. The maximum absolute atomic E-state index is 13.0. The van der Waals surface area contributed by atoms with Crippen molar-refractivity contribution in [1.82, 2.24) is 0 Å². The molecule has 0 atom stereocenters. The predicted octanol–water partition coefficient (Wildman–Crippen LogP) is 4.14. The van der Waals surface area contributed by atoms with Gasteiger partial charge in [-0.15, -0.1) is 0 Å². The van der Waals surface area contributed by atoms with E-state index in [0.717, 1.165) is 24.0 Å². The number of phenolic OH excluding ortho intramolecular Hbond substituents is 2. The Morgan fingerprint density at radius 2 is 1.38 bits per heavy atom. The second-order valence-electron chi connectivity index (χ2n) is 5.84. The molecule has 0 spiro atoms. The Balaban J connectivity index is 2.51. The second-order valence-corrected chi connectivity index (χ2v) is 5.84. The third-order valence-electron chi connectivity index (χ3n) is 4.33. The zero-order valence-corrected chi connectivity index (χ0v) is 14.2. The van der Waals surface area contributed by atoms with Crippen molar-refractivity contribution in [2.24, 2.45) is 0 Å². The van der Waals surface area contributed by atoms with Crippen molar-refractivity contribution >= 4 is 5.97 Å². The summed E-state index contributed by atoms with van der Waals surface area (Å²) in [6, 6.07) is 13.2. The van der Waals surface area contributed by atoms with Crippen molar-refractivity contribution in [2.75, 3.05) is 6.61 Å². The molecule has 0 aliphatic rings. The monoisotopic (exact) mass is 328 g/mol. The lowest BCUT2D eigenvalue weighted by atomic mass is 9.72. The van der Waals surface area contributed by atoms with E-state index in [2.05, 4.69) is 0 Å². The third-order valence-corrected chi connectivity index (χ3v) is 4.33. The number of aromatic hydroxyl groups is 2. The van der Waals surface area contributed by atoms with Crippen molar-refractivity contribution in [3.05, 3.63) is 59.7 Å². The number of hydrogen-bond donors (Lipinski definition) is 2. The van der Waals surface area contributed by atoms with Crippen LogP contribution in [0.25, 0.3) is 0 Å². The molecule has 4 nitrogen and oxygen atoms in total. The molecule has 0 saturated heterocycles. The Labute approximate surface area is 142 Å². The van der Waals surface area contributed by atoms with Gasteiger partial charge in [-0.1, -0.05) is 44.5 Å². The SMILES string of the molecule is CCCCOC(=O)C(CC)(c1ccc(O)cc1)c1ccc(O)cc1. The minimum Gasteiger partial charge on any atom is -0.508 e. The second kappa shape index (κ2) is 7.86. The van der Waals surface area contributed by atoms with E-state index < -0.39 is 5.41 Å². The predicted molar refractivity (Wildman–Crippen MR) is 93.2 cm³/mol. The van der Waals surface area contributed by atoms with Crippen molar-refractivity contribution in [3.63, 3.8) is 0 Å². The highest BCUT2D eigenvalue weighted by molar-refractivity contribution is 5.87. The lowest BCUT2D eigenvalue weighted by Crippen LogP contribution is -2.38.